The van der Waals surface area contributed by atoms with E-state index in [1.165, 1.54) is 0 Å². The van der Waals surface area contributed by atoms with Gasteiger partial charge in [0.1, 0.15) is 12.3 Å². The Morgan fingerprint density at radius 2 is 2.23 bits per heavy atom. The zero-order valence-electron chi connectivity index (χ0n) is 7.24. The number of rotatable bonds is 3. The van der Waals surface area contributed by atoms with Crippen LogP contribution in [-0.4, -0.2) is 22.7 Å². The van der Waals surface area contributed by atoms with Crippen molar-refractivity contribution in [1.82, 2.24) is 0 Å². The van der Waals surface area contributed by atoms with E-state index in [1.807, 2.05) is 6.92 Å². The third-order valence-electron chi connectivity index (χ3n) is 1.58. The number of carboxylic acid groups (broad SMARTS) is 1. The van der Waals surface area contributed by atoms with Gasteiger partial charge in [-0.15, -0.1) is 0 Å². The van der Waals surface area contributed by atoms with Crippen molar-refractivity contribution in [3.8, 4) is 5.75 Å². The minimum absolute atomic E-state index is 0.0706. The summed E-state index contributed by atoms with van der Waals surface area (Å²) in [7, 11) is 0. The molecule has 1 rings (SSSR count). The molecule has 13 heavy (non-hydrogen) atoms. The third kappa shape index (κ3) is 2.66. The largest absolute Gasteiger partial charge is 0.506 e. The number of nitrogens with one attached hydrogen (secondary N) is 1. The quantitative estimate of drug-likeness (QED) is 0.613. The van der Waals surface area contributed by atoms with Crippen LogP contribution >= 0.6 is 0 Å². The van der Waals surface area contributed by atoms with E-state index in [9.17, 15) is 9.90 Å². The number of phenols is 1. The maximum absolute atomic E-state index is 10.2. The van der Waals surface area contributed by atoms with E-state index in [0.717, 1.165) is 5.56 Å². The molecule has 3 N–H and O–H groups in total. The number of aliphatic carboxylic acids is 1. The SMILES string of the molecule is Cc1ccc(NCC(=O)O)c(O)c1. The van der Waals surface area contributed by atoms with Gasteiger partial charge < -0.3 is 15.5 Å². The highest BCUT2D eigenvalue weighted by Crippen LogP contribution is 2.23. The molecule has 1 aromatic carbocycles. The van der Waals surface area contributed by atoms with Crippen molar-refractivity contribution in [2.45, 2.75) is 6.92 Å². The average Bonchev–Trinajstić information content (AvgIpc) is 2.02. The number of benzene rings is 1. The molecule has 1 aromatic rings. The summed E-state index contributed by atoms with van der Waals surface area (Å²) in [6, 6.07) is 5.02. The Balaban J connectivity index is 2.72. The van der Waals surface area contributed by atoms with Gasteiger partial charge in [-0.2, -0.15) is 0 Å². The first kappa shape index (κ1) is 9.38. The molecule has 0 aliphatic carbocycles. The van der Waals surface area contributed by atoms with Gasteiger partial charge in [0.25, 0.3) is 0 Å². The smallest absolute Gasteiger partial charge is 0.322 e. The second-order valence-electron chi connectivity index (χ2n) is 2.77. The molecular weight excluding hydrogens is 170 g/mol. The standard InChI is InChI=1S/C9H11NO3/c1-6-2-3-7(8(11)4-6)10-5-9(12)13/h2-4,10-11H,5H2,1H3,(H,12,13). The van der Waals surface area contributed by atoms with E-state index in [1.54, 1.807) is 18.2 Å². The topological polar surface area (TPSA) is 69.6 Å². The fourth-order valence-corrected chi connectivity index (χ4v) is 0.962. The molecule has 0 spiro atoms. The summed E-state index contributed by atoms with van der Waals surface area (Å²) in [6.45, 7) is 1.65. The number of hydrogen-bond donors (Lipinski definition) is 3. The van der Waals surface area contributed by atoms with E-state index < -0.39 is 5.97 Å². The van der Waals surface area contributed by atoms with Crippen molar-refractivity contribution < 1.29 is 15.0 Å². The Morgan fingerprint density at radius 3 is 2.77 bits per heavy atom. The molecule has 4 nitrogen and oxygen atoms in total. The first-order valence-electron chi connectivity index (χ1n) is 3.85. The van der Waals surface area contributed by atoms with Crippen LogP contribution in [0.2, 0.25) is 0 Å². The highest BCUT2D eigenvalue weighted by Gasteiger charge is 2.01. The predicted molar refractivity (Wildman–Crippen MR) is 49.0 cm³/mol. The Kier molecular flexibility index (Phi) is 2.74. The number of aryl methyl sites for hydroxylation is 1. The van der Waals surface area contributed by atoms with Crippen LogP contribution in [0.3, 0.4) is 0 Å². The zero-order chi connectivity index (χ0) is 9.84. The molecule has 0 saturated carbocycles. The summed E-state index contributed by atoms with van der Waals surface area (Å²) < 4.78 is 0. The van der Waals surface area contributed by atoms with Crippen LogP contribution in [-0.2, 0) is 4.79 Å². The van der Waals surface area contributed by atoms with Gasteiger partial charge in [0, 0.05) is 0 Å². The van der Waals surface area contributed by atoms with Crippen LogP contribution in [0.1, 0.15) is 5.56 Å². The molecule has 0 radical (unpaired) electrons. The zero-order valence-corrected chi connectivity index (χ0v) is 7.24. The molecule has 0 aliphatic heterocycles. The van der Waals surface area contributed by atoms with Crippen LogP contribution in [0.25, 0.3) is 0 Å². The number of carbonyl (C=O) groups is 1. The third-order valence-corrected chi connectivity index (χ3v) is 1.58. The molecule has 0 saturated heterocycles. The second kappa shape index (κ2) is 3.80. The molecule has 0 fully saturated rings. The van der Waals surface area contributed by atoms with Gasteiger partial charge in [-0.1, -0.05) is 6.07 Å². The molecule has 70 valence electrons. The Bertz CT molecular complexity index is 323. The van der Waals surface area contributed by atoms with Crippen molar-refractivity contribution in [1.29, 1.82) is 0 Å². The fraction of sp³-hybridized carbons (Fsp3) is 0.222. The van der Waals surface area contributed by atoms with E-state index in [2.05, 4.69) is 5.32 Å². The minimum Gasteiger partial charge on any atom is -0.506 e. The summed E-state index contributed by atoms with van der Waals surface area (Å²) in [4.78, 5) is 10.2. The van der Waals surface area contributed by atoms with E-state index in [4.69, 9.17) is 5.11 Å². The van der Waals surface area contributed by atoms with Crippen LogP contribution < -0.4 is 5.32 Å². The lowest BCUT2D eigenvalue weighted by molar-refractivity contribution is -0.134. The van der Waals surface area contributed by atoms with Crippen molar-refractivity contribution in [3.63, 3.8) is 0 Å². The molecule has 0 unspecified atom stereocenters. The number of phenolic OH excluding ortho intramolecular Hbond substituents is 1. The second-order valence-corrected chi connectivity index (χ2v) is 2.77. The van der Waals surface area contributed by atoms with E-state index >= 15 is 0 Å². The van der Waals surface area contributed by atoms with E-state index in [-0.39, 0.29) is 12.3 Å². The fourth-order valence-electron chi connectivity index (χ4n) is 0.962. The lowest BCUT2D eigenvalue weighted by Gasteiger charge is -2.05. The summed E-state index contributed by atoms with van der Waals surface area (Å²) in [6.07, 6.45) is 0. The number of hydrogen-bond acceptors (Lipinski definition) is 3. The Labute approximate surface area is 75.8 Å². The maximum atomic E-state index is 10.2. The lowest BCUT2D eigenvalue weighted by Crippen LogP contribution is -2.12. The number of carboxylic acids is 1. The first-order chi connectivity index (χ1) is 6.09. The van der Waals surface area contributed by atoms with Gasteiger partial charge in [0.15, 0.2) is 0 Å². The van der Waals surface area contributed by atoms with Crippen molar-refractivity contribution in [2.24, 2.45) is 0 Å². The monoisotopic (exact) mass is 181 g/mol. The van der Waals surface area contributed by atoms with Crippen LogP contribution in [0.4, 0.5) is 5.69 Å². The van der Waals surface area contributed by atoms with Crippen LogP contribution in [0.15, 0.2) is 18.2 Å². The number of aromatic hydroxyl groups is 1. The molecule has 0 amide bonds. The Morgan fingerprint density at radius 1 is 1.54 bits per heavy atom. The lowest BCUT2D eigenvalue weighted by atomic mass is 10.2. The van der Waals surface area contributed by atoms with E-state index in [0.29, 0.717) is 5.69 Å². The molecule has 4 heteroatoms. The average molecular weight is 181 g/mol. The molecular formula is C9H11NO3. The van der Waals surface area contributed by atoms with Gasteiger partial charge >= 0.3 is 5.97 Å². The van der Waals surface area contributed by atoms with Gasteiger partial charge in [0.05, 0.1) is 5.69 Å². The van der Waals surface area contributed by atoms with Gasteiger partial charge in [-0.25, -0.2) is 0 Å². The van der Waals surface area contributed by atoms with Gasteiger partial charge in [0.2, 0.25) is 0 Å². The van der Waals surface area contributed by atoms with Crippen LogP contribution in [0, 0.1) is 6.92 Å². The van der Waals surface area contributed by atoms with Gasteiger partial charge in [-0.3, -0.25) is 4.79 Å². The molecule has 0 bridgehead atoms. The van der Waals surface area contributed by atoms with Crippen LogP contribution in [0.5, 0.6) is 5.75 Å². The minimum atomic E-state index is -0.958. The summed E-state index contributed by atoms with van der Waals surface area (Å²) in [5.74, 6) is -0.888. The highest BCUT2D eigenvalue weighted by molar-refractivity contribution is 5.73. The van der Waals surface area contributed by atoms with Gasteiger partial charge in [-0.05, 0) is 24.6 Å². The van der Waals surface area contributed by atoms with Crippen molar-refractivity contribution in [2.75, 3.05) is 11.9 Å². The number of anilines is 1. The highest BCUT2D eigenvalue weighted by atomic mass is 16.4. The normalized spacial score (nSPS) is 9.62. The Hall–Kier alpha value is -1.71. The first-order valence-corrected chi connectivity index (χ1v) is 3.85. The molecule has 0 aliphatic rings. The molecule has 0 heterocycles. The summed E-state index contributed by atoms with van der Waals surface area (Å²) in [5.41, 5.74) is 1.37. The van der Waals surface area contributed by atoms with Crippen molar-refractivity contribution >= 4 is 11.7 Å². The summed E-state index contributed by atoms with van der Waals surface area (Å²) in [5, 5.41) is 20.3. The predicted octanol–water partition coefficient (Wildman–Crippen LogP) is 1.20. The maximum Gasteiger partial charge on any atom is 0.322 e. The molecule has 0 aromatic heterocycles. The summed E-state index contributed by atoms with van der Waals surface area (Å²) >= 11 is 0. The van der Waals surface area contributed by atoms with Crippen molar-refractivity contribution in [3.05, 3.63) is 23.8 Å². The molecule has 0 atom stereocenters.